The molecule has 0 unspecified atom stereocenters. The number of carbonyl (C=O) groups excluding carboxylic acids is 2. The van der Waals surface area contributed by atoms with Crippen LogP contribution >= 0.6 is 0 Å². The molecule has 2 rings (SSSR count). The van der Waals surface area contributed by atoms with Gasteiger partial charge in [0.1, 0.15) is 6.04 Å². The fourth-order valence-corrected chi connectivity index (χ4v) is 2.47. The van der Waals surface area contributed by atoms with E-state index in [4.69, 9.17) is 19.9 Å². The standard InChI is InChI=1S/C18H21N3O5/c1-24-13-9-12(10-14(25-2)16(13)26-3)20-15(17(22)21-18(19)23)11-7-5-4-6-8-11/h4-10,15,20H,1-3H3,(H3,19,21,22,23)/t15-/m1/s1. The van der Waals surface area contributed by atoms with E-state index in [9.17, 15) is 9.59 Å². The number of urea groups is 1. The number of methoxy groups -OCH3 is 3. The first kappa shape index (κ1) is 18.9. The van der Waals surface area contributed by atoms with Crippen molar-refractivity contribution in [2.24, 2.45) is 5.73 Å². The van der Waals surface area contributed by atoms with Crippen molar-refractivity contribution in [3.05, 3.63) is 48.0 Å². The lowest BCUT2D eigenvalue weighted by atomic mass is 10.1. The summed E-state index contributed by atoms with van der Waals surface area (Å²) in [4.78, 5) is 23.5. The number of carbonyl (C=O) groups is 2. The van der Waals surface area contributed by atoms with E-state index in [0.29, 0.717) is 28.5 Å². The first-order chi connectivity index (χ1) is 12.5. The van der Waals surface area contributed by atoms with Crippen LogP contribution in [-0.4, -0.2) is 33.3 Å². The van der Waals surface area contributed by atoms with Gasteiger partial charge in [-0.3, -0.25) is 10.1 Å². The first-order valence-corrected chi connectivity index (χ1v) is 7.72. The molecular formula is C18H21N3O5. The van der Waals surface area contributed by atoms with Gasteiger partial charge in [-0.05, 0) is 5.56 Å². The van der Waals surface area contributed by atoms with Crippen molar-refractivity contribution < 1.29 is 23.8 Å². The Morgan fingerprint density at radius 1 is 0.962 bits per heavy atom. The smallest absolute Gasteiger partial charge is 0.318 e. The molecule has 0 aliphatic heterocycles. The molecule has 0 heterocycles. The summed E-state index contributed by atoms with van der Waals surface area (Å²) in [6.45, 7) is 0. The van der Waals surface area contributed by atoms with E-state index in [0.717, 1.165) is 0 Å². The maximum atomic E-state index is 12.4. The molecule has 0 aliphatic carbocycles. The molecule has 0 spiro atoms. The average Bonchev–Trinajstić information content (AvgIpc) is 2.65. The molecule has 3 amide bonds. The molecule has 8 nitrogen and oxygen atoms in total. The van der Waals surface area contributed by atoms with Gasteiger partial charge in [0.05, 0.1) is 21.3 Å². The number of rotatable bonds is 7. The van der Waals surface area contributed by atoms with Crippen molar-refractivity contribution in [1.82, 2.24) is 5.32 Å². The third-order valence-electron chi connectivity index (χ3n) is 3.62. The minimum absolute atomic E-state index is 0.427. The Labute approximate surface area is 151 Å². The van der Waals surface area contributed by atoms with E-state index in [-0.39, 0.29) is 0 Å². The number of hydrogen-bond donors (Lipinski definition) is 3. The van der Waals surface area contributed by atoms with Crippen LogP contribution in [0.25, 0.3) is 0 Å². The minimum Gasteiger partial charge on any atom is -0.493 e. The maximum absolute atomic E-state index is 12.4. The Hall–Kier alpha value is -3.42. The quantitative estimate of drug-likeness (QED) is 0.698. The topological polar surface area (TPSA) is 112 Å². The van der Waals surface area contributed by atoms with Crippen LogP contribution < -0.4 is 30.6 Å². The molecule has 0 aromatic heterocycles. The predicted octanol–water partition coefficient (Wildman–Crippen LogP) is 2.06. The van der Waals surface area contributed by atoms with Gasteiger partial charge in [-0.1, -0.05) is 30.3 Å². The van der Waals surface area contributed by atoms with Crippen LogP contribution in [0.15, 0.2) is 42.5 Å². The zero-order chi connectivity index (χ0) is 19.1. The van der Waals surface area contributed by atoms with Crippen molar-refractivity contribution in [2.75, 3.05) is 26.6 Å². The Kier molecular flexibility index (Phi) is 6.26. The minimum atomic E-state index is -0.928. The number of anilines is 1. The molecular weight excluding hydrogens is 338 g/mol. The molecule has 0 fully saturated rings. The van der Waals surface area contributed by atoms with Crippen LogP contribution in [0, 0.1) is 0 Å². The van der Waals surface area contributed by atoms with E-state index in [1.807, 2.05) is 6.07 Å². The second-order valence-corrected chi connectivity index (χ2v) is 5.26. The van der Waals surface area contributed by atoms with Gasteiger partial charge < -0.3 is 25.3 Å². The molecule has 2 aromatic rings. The van der Waals surface area contributed by atoms with Crippen molar-refractivity contribution in [3.8, 4) is 17.2 Å². The molecule has 138 valence electrons. The fourth-order valence-electron chi connectivity index (χ4n) is 2.47. The Morgan fingerprint density at radius 2 is 1.54 bits per heavy atom. The van der Waals surface area contributed by atoms with Crippen molar-refractivity contribution in [2.45, 2.75) is 6.04 Å². The number of nitrogens with two attached hydrogens (primary N) is 1. The van der Waals surface area contributed by atoms with Crippen LogP contribution in [0.5, 0.6) is 17.2 Å². The van der Waals surface area contributed by atoms with Gasteiger partial charge in [-0.15, -0.1) is 0 Å². The van der Waals surface area contributed by atoms with Gasteiger partial charge in [0.15, 0.2) is 11.5 Å². The molecule has 0 saturated heterocycles. The number of benzene rings is 2. The van der Waals surface area contributed by atoms with Crippen LogP contribution in [0.4, 0.5) is 10.5 Å². The Balaban J connectivity index is 2.42. The zero-order valence-electron chi connectivity index (χ0n) is 14.7. The molecule has 0 radical (unpaired) electrons. The molecule has 26 heavy (non-hydrogen) atoms. The number of amides is 3. The second-order valence-electron chi connectivity index (χ2n) is 5.26. The number of imide groups is 1. The molecule has 0 bridgehead atoms. The monoisotopic (exact) mass is 359 g/mol. The summed E-state index contributed by atoms with van der Waals surface area (Å²) in [5.74, 6) is 0.698. The maximum Gasteiger partial charge on any atom is 0.318 e. The van der Waals surface area contributed by atoms with Crippen molar-refractivity contribution in [3.63, 3.8) is 0 Å². The summed E-state index contributed by atoms with van der Waals surface area (Å²) in [5.41, 5.74) is 6.26. The molecule has 0 aliphatic rings. The molecule has 0 saturated carbocycles. The van der Waals surface area contributed by atoms with E-state index >= 15 is 0 Å². The van der Waals surface area contributed by atoms with Crippen molar-refractivity contribution in [1.29, 1.82) is 0 Å². The molecule has 2 aromatic carbocycles. The molecule has 8 heteroatoms. The largest absolute Gasteiger partial charge is 0.493 e. The number of nitrogens with one attached hydrogen (secondary N) is 2. The van der Waals surface area contributed by atoms with E-state index in [2.05, 4.69) is 10.6 Å². The van der Waals surface area contributed by atoms with Crippen LogP contribution in [0.2, 0.25) is 0 Å². The highest BCUT2D eigenvalue weighted by Crippen LogP contribution is 2.40. The second kappa shape index (κ2) is 8.61. The normalized spacial score (nSPS) is 11.2. The summed E-state index contributed by atoms with van der Waals surface area (Å²) in [7, 11) is 4.49. The summed E-state index contributed by atoms with van der Waals surface area (Å²) in [5, 5.41) is 5.16. The Morgan fingerprint density at radius 3 is 2.00 bits per heavy atom. The lowest BCUT2D eigenvalue weighted by molar-refractivity contribution is -0.120. The summed E-state index contributed by atoms with van der Waals surface area (Å²) in [6.07, 6.45) is 0. The van der Waals surface area contributed by atoms with Crippen LogP contribution in [0.3, 0.4) is 0 Å². The van der Waals surface area contributed by atoms with Gasteiger partial charge in [0.25, 0.3) is 5.91 Å². The van der Waals surface area contributed by atoms with Gasteiger partial charge in [0, 0.05) is 17.8 Å². The van der Waals surface area contributed by atoms with Crippen LogP contribution in [0.1, 0.15) is 11.6 Å². The van der Waals surface area contributed by atoms with Gasteiger partial charge in [-0.25, -0.2) is 4.79 Å². The summed E-state index contributed by atoms with van der Waals surface area (Å²) >= 11 is 0. The van der Waals surface area contributed by atoms with Gasteiger partial charge in [0.2, 0.25) is 5.75 Å². The third kappa shape index (κ3) is 4.35. The molecule has 4 N–H and O–H groups in total. The fraction of sp³-hybridized carbons (Fsp3) is 0.222. The summed E-state index contributed by atoms with van der Waals surface area (Å²) < 4.78 is 15.9. The Bertz CT molecular complexity index is 755. The SMILES string of the molecule is COc1cc(N[C@@H](C(=O)NC(N)=O)c2ccccc2)cc(OC)c1OC. The average molecular weight is 359 g/mol. The van der Waals surface area contributed by atoms with E-state index in [1.165, 1.54) is 21.3 Å². The first-order valence-electron chi connectivity index (χ1n) is 7.72. The van der Waals surface area contributed by atoms with E-state index < -0.39 is 18.0 Å². The predicted molar refractivity (Wildman–Crippen MR) is 96.6 cm³/mol. The lowest BCUT2D eigenvalue weighted by Crippen LogP contribution is -2.40. The van der Waals surface area contributed by atoms with Gasteiger partial charge >= 0.3 is 6.03 Å². The third-order valence-corrected chi connectivity index (χ3v) is 3.62. The highest BCUT2D eigenvalue weighted by molar-refractivity contribution is 5.98. The highest BCUT2D eigenvalue weighted by Gasteiger charge is 2.23. The zero-order valence-corrected chi connectivity index (χ0v) is 14.7. The highest BCUT2D eigenvalue weighted by atomic mass is 16.5. The molecule has 1 atom stereocenters. The van der Waals surface area contributed by atoms with Gasteiger partial charge in [-0.2, -0.15) is 0 Å². The number of primary amides is 1. The number of ether oxygens (including phenoxy) is 3. The van der Waals surface area contributed by atoms with E-state index in [1.54, 1.807) is 36.4 Å². The van der Waals surface area contributed by atoms with Crippen LogP contribution in [-0.2, 0) is 4.79 Å². The summed E-state index contributed by atoms with van der Waals surface area (Å²) in [6, 6.07) is 10.5. The van der Waals surface area contributed by atoms with Crippen molar-refractivity contribution >= 4 is 17.6 Å². The number of hydrogen-bond acceptors (Lipinski definition) is 6. The lowest BCUT2D eigenvalue weighted by Gasteiger charge is -2.21.